The number of carbonyl (C=O) groups excluding carboxylic acids is 1. The number of aliphatic carboxylic acids is 1. The molecule has 0 aliphatic heterocycles. The van der Waals surface area contributed by atoms with Crippen LogP contribution in [0.3, 0.4) is 0 Å². The van der Waals surface area contributed by atoms with E-state index in [4.69, 9.17) is 5.26 Å². The van der Waals surface area contributed by atoms with E-state index in [9.17, 15) is 36.2 Å². The molecule has 0 amide bonds. The van der Waals surface area contributed by atoms with Gasteiger partial charge in [0.15, 0.2) is 5.92 Å². The maximum absolute atomic E-state index is 11.3. The normalized spacial score (nSPS) is 11.4. The minimum Gasteiger partial charge on any atom is -0.549 e. The van der Waals surface area contributed by atoms with Crippen LogP contribution in [-0.4, -0.2) is 18.3 Å². The van der Waals surface area contributed by atoms with E-state index in [2.05, 4.69) is 5.73 Å². The summed E-state index contributed by atoms with van der Waals surface area (Å²) < 4.78 is 68.0. The Bertz CT molecular complexity index is 501. The van der Waals surface area contributed by atoms with Gasteiger partial charge in [0.2, 0.25) is 0 Å². The van der Waals surface area contributed by atoms with Crippen molar-refractivity contribution in [3.05, 3.63) is 29.8 Å². The van der Waals surface area contributed by atoms with E-state index in [1.165, 1.54) is 0 Å². The first-order valence-electron chi connectivity index (χ1n) is 5.06. The monoisotopic (exact) mass is 314 g/mol. The topological polar surface area (TPSA) is 91.6 Å². The molecule has 0 bridgehead atoms. The van der Waals surface area contributed by atoms with Gasteiger partial charge in [-0.15, -0.1) is 0 Å². The predicted octanol–water partition coefficient (Wildman–Crippen LogP) is 0.909. The van der Waals surface area contributed by atoms with Crippen molar-refractivity contribution >= 4 is 11.7 Å². The quantitative estimate of drug-likeness (QED) is 0.781. The van der Waals surface area contributed by atoms with Crippen molar-refractivity contribution in [1.29, 1.82) is 5.26 Å². The standard InChI is InChI=1S/C7H6N2.C4H2F6O2/c8-5-6-1-3-7(9)4-2-6;5-3(6,7)1(2(11)12)4(8,9)10/h1-4H,9H2;1H,(H,11,12). The largest absolute Gasteiger partial charge is 0.549 e. The SMILES string of the molecule is N#Cc1ccc([NH3+])cc1.O=C([O-])C(C(F)(F)F)C(F)(F)F. The van der Waals surface area contributed by atoms with Crippen LogP contribution in [0.1, 0.15) is 5.56 Å². The second-order valence-electron chi connectivity index (χ2n) is 3.64. The molecule has 1 aromatic rings. The number of hydrogen-bond acceptors (Lipinski definition) is 3. The second kappa shape index (κ2) is 6.94. The lowest BCUT2D eigenvalue weighted by atomic mass is 10.1. The first-order chi connectivity index (χ1) is 9.39. The van der Waals surface area contributed by atoms with Crippen LogP contribution in [0.2, 0.25) is 0 Å². The Morgan fingerprint density at radius 2 is 1.48 bits per heavy atom. The highest BCUT2D eigenvalue weighted by Gasteiger charge is 2.57. The Labute approximate surface area is 114 Å². The van der Waals surface area contributed by atoms with Crippen LogP contribution in [0, 0.1) is 17.2 Å². The van der Waals surface area contributed by atoms with Gasteiger partial charge in [-0.25, -0.2) is 0 Å². The summed E-state index contributed by atoms with van der Waals surface area (Å²) in [7, 11) is 0. The number of carbonyl (C=O) groups is 1. The summed E-state index contributed by atoms with van der Waals surface area (Å²) in [6, 6.07) is 9.17. The van der Waals surface area contributed by atoms with E-state index < -0.39 is 24.2 Å². The molecule has 0 aromatic heterocycles. The Kier molecular flexibility index (Phi) is 6.19. The molecule has 116 valence electrons. The average Bonchev–Trinajstić information content (AvgIpc) is 2.25. The molecule has 0 spiro atoms. The summed E-state index contributed by atoms with van der Waals surface area (Å²) in [5, 5.41) is 17.8. The average molecular weight is 314 g/mol. The van der Waals surface area contributed by atoms with Crippen LogP contribution in [0.5, 0.6) is 0 Å². The summed E-state index contributed by atoms with van der Waals surface area (Å²) in [5.41, 5.74) is 5.31. The van der Waals surface area contributed by atoms with E-state index in [0.29, 0.717) is 5.56 Å². The van der Waals surface area contributed by atoms with E-state index in [1.54, 1.807) is 12.1 Å². The van der Waals surface area contributed by atoms with Crippen molar-refractivity contribution in [1.82, 2.24) is 0 Å². The Hall–Kier alpha value is -2.28. The molecule has 0 heterocycles. The van der Waals surface area contributed by atoms with Gasteiger partial charge in [0.1, 0.15) is 5.69 Å². The highest BCUT2D eigenvalue weighted by molar-refractivity contribution is 5.69. The van der Waals surface area contributed by atoms with Crippen molar-refractivity contribution in [3.63, 3.8) is 0 Å². The molecule has 0 saturated carbocycles. The Morgan fingerprint density at radius 3 is 1.67 bits per heavy atom. The zero-order valence-corrected chi connectivity index (χ0v) is 10.1. The minimum atomic E-state index is -5.86. The Morgan fingerprint density at radius 1 is 1.10 bits per heavy atom. The molecule has 0 aliphatic rings. The number of carboxylic acid groups (broad SMARTS) is 1. The molecule has 0 atom stereocenters. The molecule has 0 saturated heterocycles. The maximum Gasteiger partial charge on any atom is 0.405 e. The number of benzene rings is 1. The third kappa shape index (κ3) is 6.62. The summed E-state index contributed by atoms with van der Waals surface area (Å²) in [6.07, 6.45) is -11.7. The Balaban J connectivity index is 0.000000394. The molecule has 0 fully saturated rings. The van der Waals surface area contributed by atoms with E-state index in [-0.39, 0.29) is 0 Å². The molecule has 10 heteroatoms. The highest BCUT2D eigenvalue weighted by atomic mass is 19.4. The first kappa shape index (κ1) is 18.7. The van der Waals surface area contributed by atoms with Crippen LogP contribution in [0.4, 0.5) is 32.0 Å². The number of carboxylic acids is 1. The van der Waals surface area contributed by atoms with E-state index in [0.717, 1.165) is 5.69 Å². The number of rotatable bonds is 1. The van der Waals surface area contributed by atoms with Crippen LogP contribution >= 0.6 is 0 Å². The zero-order valence-electron chi connectivity index (χ0n) is 10.1. The summed E-state index contributed by atoms with van der Waals surface area (Å²) in [4.78, 5) is 9.44. The third-order valence-electron chi connectivity index (χ3n) is 1.97. The number of nitriles is 1. The van der Waals surface area contributed by atoms with Crippen molar-refractivity contribution in [2.45, 2.75) is 12.4 Å². The van der Waals surface area contributed by atoms with Gasteiger partial charge in [-0.1, -0.05) is 0 Å². The molecule has 4 nitrogen and oxygen atoms in total. The van der Waals surface area contributed by atoms with Crippen LogP contribution in [-0.2, 0) is 4.79 Å². The fourth-order valence-corrected chi connectivity index (χ4v) is 1.03. The van der Waals surface area contributed by atoms with Gasteiger partial charge in [-0.3, -0.25) is 0 Å². The summed E-state index contributed by atoms with van der Waals surface area (Å²) in [6.45, 7) is 0. The van der Waals surface area contributed by atoms with Crippen LogP contribution < -0.4 is 10.8 Å². The number of halogens is 6. The van der Waals surface area contributed by atoms with Crippen molar-refractivity contribution in [2.24, 2.45) is 5.92 Å². The fourth-order valence-electron chi connectivity index (χ4n) is 1.03. The molecule has 0 radical (unpaired) electrons. The number of nitrogens with zero attached hydrogens (tertiary/aromatic N) is 1. The third-order valence-corrected chi connectivity index (χ3v) is 1.97. The predicted molar refractivity (Wildman–Crippen MR) is 54.3 cm³/mol. The highest BCUT2D eigenvalue weighted by Crippen LogP contribution is 2.38. The van der Waals surface area contributed by atoms with Gasteiger partial charge in [-0.2, -0.15) is 31.6 Å². The van der Waals surface area contributed by atoms with Gasteiger partial charge in [0.05, 0.1) is 17.6 Å². The molecule has 3 N–H and O–H groups in total. The van der Waals surface area contributed by atoms with Gasteiger partial charge in [-0.05, 0) is 12.1 Å². The zero-order chi connectivity index (χ0) is 16.8. The van der Waals surface area contributed by atoms with E-state index in [1.807, 2.05) is 18.2 Å². The van der Waals surface area contributed by atoms with Crippen molar-refractivity contribution in [3.8, 4) is 6.07 Å². The molecule has 1 rings (SSSR count). The summed E-state index contributed by atoms with van der Waals surface area (Å²) >= 11 is 0. The maximum atomic E-state index is 11.3. The fraction of sp³-hybridized carbons (Fsp3) is 0.273. The van der Waals surface area contributed by atoms with Crippen LogP contribution in [0.15, 0.2) is 24.3 Å². The molecule has 0 aliphatic carbocycles. The van der Waals surface area contributed by atoms with Crippen molar-refractivity contribution in [2.75, 3.05) is 0 Å². The molecule has 21 heavy (non-hydrogen) atoms. The van der Waals surface area contributed by atoms with Gasteiger partial charge in [0.25, 0.3) is 0 Å². The molecule has 0 unspecified atom stereocenters. The smallest absolute Gasteiger partial charge is 0.405 e. The number of hydrogen-bond donors (Lipinski definition) is 1. The lowest BCUT2D eigenvalue weighted by Crippen LogP contribution is -2.48. The molecular weight excluding hydrogens is 306 g/mol. The molecular formula is C11H8F6N2O2. The van der Waals surface area contributed by atoms with Gasteiger partial charge < -0.3 is 15.6 Å². The lowest BCUT2D eigenvalue weighted by molar-refractivity contribution is -0.354. The number of alkyl halides is 6. The van der Waals surface area contributed by atoms with Crippen molar-refractivity contribution < 1.29 is 42.0 Å². The summed E-state index contributed by atoms with van der Waals surface area (Å²) in [5.74, 6) is -7.61. The lowest BCUT2D eigenvalue weighted by Gasteiger charge is -2.23. The molecule has 1 aromatic carbocycles. The van der Waals surface area contributed by atoms with Gasteiger partial charge in [0, 0.05) is 12.1 Å². The van der Waals surface area contributed by atoms with Crippen LogP contribution in [0.25, 0.3) is 0 Å². The number of quaternary nitrogens is 1. The van der Waals surface area contributed by atoms with E-state index >= 15 is 0 Å². The first-order valence-corrected chi connectivity index (χ1v) is 5.06. The minimum absolute atomic E-state index is 0.683. The van der Waals surface area contributed by atoms with Gasteiger partial charge >= 0.3 is 12.4 Å². The second-order valence-corrected chi connectivity index (χ2v) is 3.64.